The summed E-state index contributed by atoms with van der Waals surface area (Å²) in [7, 11) is 0. The largest absolute Gasteiger partial charge is 0.460 e. The molecule has 1 rings (SSSR count). The number of hydrogen-bond donors (Lipinski definition) is 1. The molecule has 0 spiro atoms. The molecule has 5 nitrogen and oxygen atoms in total. The van der Waals surface area contributed by atoms with Gasteiger partial charge in [-0.3, -0.25) is 9.59 Å². The van der Waals surface area contributed by atoms with Crippen LogP contribution in [0.5, 0.6) is 0 Å². The molecule has 1 aliphatic carbocycles. The topological polar surface area (TPSA) is 80.7 Å². The van der Waals surface area contributed by atoms with Crippen LogP contribution in [-0.2, 0) is 19.1 Å². The van der Waals surface area contributed by atoms with Crippen LogP contribution in [-0.4, -0.2) is 35.4 Å². The average Bonchev–Trinajstić information content (AvgIpc) is 3.02. The number of unbranched alkanes of at least 4 members (excludes halogenated alkanes) is 1. The predicted octanol–water partition coefficient (Wildman–Crippen LogP) is 4.10. The van der Waals surface area contributed by atoms with Crippen LogP contribution in [0.15, 0.2) is 36.5 Å². The van der Waals surface area contributed by atoms with Crippen molar-refractivity contribution in [1.29, 1.82) is 0 Å². The first-order chi connectivity index (χ1) is 13.5. The lowest BCUT2D eigenvalue weighted by atomic mass is 9.91. The Labute approximate surface area is 168 Å². The summed E-state index contributed by atoms with van der Waals surface area (Å²) in [6.45, 7) is 3.91. The highest BCUT2D eigenvalue weighted by molar-refractivity contribution is 6.33. The monoisotopic (exact) mass is 390 g/mol. The minimum absolute atomic E-state index is 0.00279. The lowest BCUT2D eigenvalue weighted by Gasteiger charge is -2.13. The van der Waals surface area contributed by atoms with Gasteiger partial charge >= 0.3 is 5.97 Å². The van der Waals surface area contributed by atoms with Gasteiger partial charge in [0.15, 0.2) is 0 Å². The molecule has 1 unspecified atom stereocenters. The van der Waals surface area contributed by atoms with Crippen LogP contribution >= 0.6 is 0 Å². The van der Waals surface area contributed by atoms with Gasteiger partial charge in [-0.05, 0) is 51.4 Å². The number of aliphatic hydroxyl groups excluding tert-OH is 1. The number of rotatable bonds is 13. The Bertz CT molecular complexity index is 588. The summed E-state index contributed by atoms with van der Waals surface area (Å²) < 4.78 is 4.67. The number of aliphatic hydroxyl groups is 1. The number of hydrogen-bond acceptors (Lipinski definition) is 5. The van der Waals surface area contributed by atoms with Gasteiger partial charge in [-0.1, -0.05) is 43.4 Å². The minimum Gasteiger partial charge on any atom is -0.460 e. The van der Waals surface area contributed by atoms with Crippen molar-refractivity contribution in [3.8, 4) is 0 Å². The van der Waals surface area contributed by atoms with Crippen LogP contribution in [0.3, 0.4) is 0 Å². The molecule has 1 N–H and O–H groups in total. The molecule has 0 heterocycles. The number of Topliss-reactive ketones (excluding diaryl/α,β-unsaturated/α-hetero) is 2. The van der Waals surface area contributed by atoms with Gasteiger partial charge in [0.25, 0.3) is 0 Å². The van der Waals surface area contributed by atoms with Crippen molar-refractivity contribution in [3.05, 3.63) is 36.5 Å². The highest BCUT2D eigenvalue weighted by atomic mass is 16.5. The molecule has 1 fully saturated rings. The maximum Gasteiger partial charge on any atom is 0.374 e. The van der Waals surface area contributed by atoms with E-state index in [0.29, 0.717) is 37.9 Å². The van der Waals surface area contributed by atoms with Crippen molar-refractivity contribution < 1.29 is 24.2 Å². The molecule has 0 amide bonds. The summed E-state index contributed by atoms with van der Waals surface area (Å²) in [6, 6.07) is 0. The SMILES string of the molecule is CCC=CC(O)CC=C[C@H]1CCC(=O)[C@@H]1CC=CCCCC(=O)C(=O)OCC. The Kier molecular flexibility index (Phi) is 12.1. The molecule has 0 aromatic heterocycles. The summed E-state index contributed by atoms with van der Waals surface area (Å²) >= 11 is 0. The van der Waals surface area contributed by atoms with Crippen molar-refractivity contribution in [1.82, 2.24) is 0 Å². The van der Waals surface area contributed by atoms with Gasteiger partial charge in [0, 0.05) is 18.8 Å². The zero-order valence-corrected chi connectivity index (χ0v) is 17.1. The summed E-state index contributed by atoms with van der Waals surface area (Å²) in [5.74, 6) is -0.722. The molecule has 1 aliphatic rings. The van der Waals surface area contributed by atoms with E-state index >= 15 is 0 Å². The van der Waals surface area contributed by atoms with Gasteiger partial charge in [0.1, 0.15) is 5.78 Å². The molecule has 28 heavy (non-hydrogen) atoms. The van der Waals surface area contributed by atoms with Gasteiger partial charge in [-0.25, -0.2) is 4.79 Å². The second kappa shape index (κ2) is 14.1. The molecule has 0 saturated heterocycles. The molecule has 0 aromatic rings. The fourth-order valence-corrected chi connectivity index (χ4v) is 3.29. The van der Waals surface area contributed by atoms with E-state index in [1.54, 1.807) is 13.0 Å². The number of carbonyl (C=O) groups is 3. The maximum atomic E-state index is 12.1. The van der Waals surface area contributed by atoms with Crippen molar-refractivity contribution in [2.75, 3.05) is 6.61 Å². The van der Waals surface area contributed by atoms with E-state index < -0.39 is 17.9 Å². The van der Waals surface area contributed by atoms with Crippen LogP contribution in [0, 0.1) is 11.8 Å². The first kappa shape index (κ1) is 24.0. The third-order valence-corrected chi connectivity index (χ3v) is 4.84. The van der Waals surface area contributed by atoms with Crippen LogP contribution in [0.25, 0.3) is 0 Å². The molecule has 0 radical (unpaired) electrons. The summed E-state index contributed by atoms with van der Waals surface area (Å²) in [4.78, 5) is 34.9. The Morgan fingerprint density at radius 1 is 1.21 bits per heavy atom. The third kappa shape index (κ3) is 9.27. The Hall–Kier alpha value is -2.01. The molecular formula is C23H34O5. The Morgan fingerprint density at radius 3 is 2.71 bits per heavy atom. The second-order valence-corrected chi connectivity index (χ2v) is 7.09. The van der Waals surface area contributed by atoms with Crippen LogP contribution in [0.4, 0.5) is 0 Å². The zero-order chi connectivity index (χ0) is 20.8. The second-order valence-electron chi connectivity index (χ2n) is 7.09. The predicted molar refractivity (Wildman–Crippen MR) is 110 cm³/mol. The summed E-state index contributed by atoms with van der Waals surface area (Å²) in [5.41, 5.74) is 0. The standard InChI is InChI=1S/C23H34O5/c1-3-5-12-19(24)13-10-11-18-16-17-21(25)20(18)14-8-6-7-9-15-22(26)23(27)28-4-2/h5-6,8,10-12,18-20,24H,3-4,7,9,13-17H2,1-2H3/t18-,19?,20+/m0/s1. The summed E-state index contributed by atoms with van der Waals surface area (Å²) in [6.07, 6.45) is 16.4. The van der Waals surface area contributed by atoms with Crippen molar-refractivity contribution in [3.63, 3.8) is 0 Å². The van der Waals surface area contributed by atoms with E-state index in [4.69, 9.17) is 0 Å². The fraction of sp³-hybridized carbons (Fsp3) is 0.609. The van der Waals surface area contributed by atoms with E-state index in [2.05, 4.69) is 10.8 Å². The van der Waals surface area contributed by atoms with E-state index in [0.717, 1.165) is 12.8 Å². The van der Waals surface area contributed by atoms with Gasteiger partial charge in [-0.15, -0.1) is 0 Å². The lowest BCUT2D eigenvalue weighted by molar-refractivity contribution is -0.153. The molecule has 3 atom stereocenters. The molecule has 1 saturated carbocycles. The lowest BCUT2D eigenvalue weighted by Crippen LogP contribution is -2.16. The maximum absolute atomic E-state index is 12.1. The van der Waals surface area contributed by atoms with Gasteiger partial charge in [0.2, 0.25) is 5.78 Å². The molecule has 0 aromatic carbocycles. The molecule has 0 aliphatic heterocycles. The van der Waals surface area contributed by atoms with Gasteiger partial charge < -0.3 is 9.84 Å². The number of esters is 1. The normalized spacial score (nSPS) is 21.2. The number of ketones is 2. The highest BCUT2D eigenvalue weighted by Crippen LogP contribution is 2.32. The van der Waals surface area contributed by atoms with E-state index in [1.807, 2.05) is 31.2 Å². The Balaban J connectivity index is 2.35. The van der Waals surface area contributed by atoms with Crippen molar-refractivity contribution in [2.45, 2.75) is 71.3 Å². The van der Waals surface area contributed by atoms with Crippen molar-refractivity contribution >= 4 is 17.5 Å². The molecule has 156 valence electrons. The summed E-state index contributed by atoms with van der Waals surface area (Å²) in [5, 5.41) is 9.83. The quantitative estimate of drug-likeness (QED) is 0.222. The fourth-order valence-electron chi connectivity index (χ4n) is 3.29. The molecule has 0 bridgehead atoms. The first-order valence-corrected chi connectivity index (χ1v) is 10.4. The van der Waals surface area contributed by atoms with Gasteiger partial charge in [0.05, 0.1) is 12.7 Å². The smallest absolute Gasteiger partial charge is 0.374 e. The number of ether oxygens (including phenoxy) is 1. The van der Waals surface area contributed by atoms with E-state index in [1.165, 1.54) is 0 Å². The number of allylic oxidation sites excluding steroid dienone is 4. The van der Waals surface area contributed by atoms with Crippen molar-refractivity contribution in [2.24, 2.45) is 11.8 Å². The number of carbonyl (C=O) groups excluding carboxylic acids is 3. The minimum atomic E-state index is -0.757. The first-order valence-electron chi connectivity index (χ1n) is 10.4. The third-order valence-electron chi connectivity index (χ3n) is 4.84. The molecule has 5 heteroatoms. The Morgan fingerprint density at radius 2 is 2.00 bits per heavy atom. The molecular weight excluding hydrogens is 356 g/mol. The van der Waals surface area contributed by atoms with Gasteiger partial charge in [-0.2, -0.15) is 0 Å². The van der Waals surface area contributed by atoms with Crippen LogP contribution in [0.2, 0.25) is 0 Å². The highest BCUT2D eigenvalue weighted by Gasteiger charge is 2.31. The van der Waals surface area contributed by atoms with E-state index in [9.17, 15) is 19.5 Å². The van der Waals surface area contributed by atoms with Crippen LogP contribution < -0.4 is 0 Å². The van der Waals surface area contributed by atoms with Crippen LogP contribution in [0.1, 0.15) is 65.2 Å². The average molecular weight is 391 g/mol. The zero-order valence-electron chi connectivity index (χ0n) is 17.1. The van der Waals surface area contributed by atoms with E-state index in [-0.39, 0.29) is 24.9 Å².